The minimum absolute atomic E-state index is 0.0177. The van der Waals surface area contributed by atoms with Crippen molar-refractivity contribution >= 4 is 5.91 Å². The Bertz CT molecular complexity index is 890. The van der Waals surface area contributed by atoms with Crippen molar-refractivity contribution in [2.75, 3.05) is 6.54 Å². The average molecular weight is 356 g/mol. The Hall–Kier alpha value is -2.36. The molecule has 0 radical (unpaired) electrons. The van der Waals surface area contributed by atoms with Gasteiger partial charge in [0.05, 0.1) is 0 Å². The highest BCUT2D eigenvalue weighted by Crippen LogP contribution is 2.35. The molecule has 138 valence electrons. The molecule has 7 nitrogen and oxygen atoms in total. The van der Waals surface area contributed by atoms with Gasteiger partial charge in [-0.3, -0.25) is 14.2 Å². The summed E-state index contributed by atoms with van der Waals surface area (Å²) in [5.74, 6) is 0.386. The van der Waals surface area contributed by atoms with Crippen molar-refractivity contribution in [2.45, 2.75) is 70.5 Å². The Morgan fingerprint density at radius 3 is 2.65 bits per heavy atom. The van der Waals surface area contributed by atoms with Gasteiger partial charge in [0.25, 0.3) is 5.56 Å². The minimum atomic E-state index is -0.615. The first-order chi connectivity index (χ1) is 12.6. The van der Waals surface area contributed by atoms with Gasteiger partial charge >= 0.3 is 5.69 Å². The molecular weight excluding hydrogens is 332 g/mol. The van der Waals surface area contributed by atoms with Gasteiger partial charge in [-0.05, 0) is 44.4 Å². The second-order valence-electron chi connectivity index (χ2n) is 7.70. The monoisotopic (exact) mass is 356 g/mol. The molecule has 1 saturated heterocycles. The summed E-state index contributed by atoms with van der Waals surface area (Å²) in [6.45, 7) is 0.952. The van der Waals surface area contributed by atoms with E-state index < -0.39 is 11.2 Å². The van der Waals surface area contributed by atoms with Gasteiger partial charge < -0.3 is 4.90 Å². The second kappa shape index (κ2) is 6.75. The minimum Gasteiger partial charge on any atom is -0.338 e. The maximum absolute atomic E-state index is 13.0. The fraction of sp³-hybridized carbons (Fsp3) is 0.684. The molecule has 0 spiro atoms. The van der Waals surface area contributed by atoms with Crippen LogP contribution in [0.25, 0.3) is 0 Å². The molecule has 3 aliphatic rings. The van der Waals surface area contributed by atoms with Crippen LogP contribution in [0.1, 0.15) is 56.2 Å². The summed E-state index contributed by atoms with van der Waals surface area (Å²) in [6, 6.07) is 2.19. The molecule has 1 saturated carbocycles. The molecule has 1 aromatic rings. The molecule has 4 rings (SSSR count). The number of fused-ring (bicyclic) bond motifs is 2. The lowest BCUT2D eigenvalue weighted by Crippen LogP contribution is -2.52. The predicted octanol–water partition coefficient (Wildman–Crippen LogP) is 1.01. The zero-order valence-electron chi connectivity index (χ0n) is 14.9. The largest absolute Gasteiger partial charge is 0.338 e. The number of piperidine rings is 1. The van der Waals surface area contributed by atoms with Crippen molar-refractivity contribution in [3.63, 3.8) is 0 Å². The van der Waals surface area contributed by atoms with Gasteiger partial charge in [-0.1, -0.05) is 12.8 Å². The molecule has 0 bridgehead atoms. The van der Waals surface area contributed by atoms with Crippen LogP contribution in [-0.2, 0) is 24.3 Å². The maximum atomic E-state index is 13.0. The number of carbonyl (C=O) groups excluding carboxylic acids is 1. The molecule has 0 unspecified atom stereocenters. The third kappa shape index (κ3) is 2.68. The van der Waals surface area contributed by atoms with E-state index in [4.69, 9.17) is 0 Å². The molecular formula is C19H24N4O3. The maximum Gasteiger partial charge on any atom is 0.331 e. The van der Waals surface area contributed by atoms with Crippen LogP contribution in [-0.4, -0.2) is 32.5 Å². The predicted molar refractivity (Wildman–Crippen MR) is 94.7 cm³/mol. The molecule has 3 heterocycles. The van der Waals surface area contributed by atoms with Crippen molar-refractivity contribution in [2.24, 2.45) is 5.92 Å². The zero-order chi connectivity index (χ0) is 18.3. The zero-order valence-corrected chi connectivity index (χ0v) is 14.9. The summed E-state index contributed by atoms with van der Waals surface area (Å²) >= 11 is 0. The Morgan fingerprint density at radius 1 is 1.08 bits per heavy atom. The number of rotatable bonds is 2. The van der Waals surface area contributed by atoms with Crippen LogP contribution in [0.15, 0.2) is 9.59 Å². The molecule has 2 aliphatic heterocycles. The van der Waals surface area contributed by atoms with E-state index in [2.05, 4.69) is 0 Å². The van der Waals surface area contributed by atoms with E-state index in [0.29, 0.717) is 31.1 Å². The van der Waals surface area contributed by atoms with Crippen LogP contribution in [0.5, 0.6) is 0 Å². The Labute approximate surface area is 151 Å². The van der Waals surface area contributed by atoms with Crippen molar-refractivity contribution in [1.82, 2.24) is 14.0 Å². The molecule has 7 heteroatoms. The molecule has 1 aliphatic carbocycles. The third-order valence-electron chi connectivity index (χ3n) is 6.30. The van der Waals surface area contributed by atoms with Gasteiger partial charge in [-0.2, -0.15) is 5.26 Å². The highest BCUT2D eigenvalue weighted by atomic mass is 16.2. The first-order valence-corrected chi connectivity index (χ1v) is 9.68. The molecule has 0 N–H and O–H groups in total. The number of aromatic nitrogens is 2. The van der Waals surface area contributed by atoms with E-state index in [1.54, 1.807) is 0 Å². The van der Waals surface area contributed by atoms with Crippen LogP contribution >= 0.6 is 0 Å². The number of nitriles is 1. The van der Waals surface area contributed by atoms with E-state index in [1.807, 2.05) is 11.0 Å². The molecule has 2 fully saturated rings. The quantitative estimate of drug-likeness (QED) is 0.791. The van der Waals surface area contributed by atoms with Gasteiger partial charge in [-0.15, -0.1) is 0 Å². The van der Waals surface area contributed by atoms with E-state index in [-0.39, 0.29) is 24.1 Å². The van der Waals surface area contributed by atoms with Gasteiger partial charge in [-0.25, -0.2) is 9.36 Å². The fourth-order valence-corrected chi connectivity index (χ4v) is 5.05. The summed E-state index contributed by atoms with van der Waals surface area (Å²) in [5.41, 5.74) is -0.524. The third-order valence-corrected chi connectivity index (χ3v) is 6.30. The van der Waals surface area contributed by atoms with Crippen molar-refractivity contribution in [3.05, 3.63) is 32.1 Å². The Balaban J connectivity index is 1.65. The molecule has 1 amide bonds. The van der Waals surface area contributed by atoms with Gasteiger partial charge in [0.15, 0.2) is 0 Å². The van der Waals surface area contributed by atoms with Crippen LogP contribution < -0.4 is 11.2 Å². The van der Waals surface area contributed by atoms with Crippen molar-refractivity contribution in [1.29, 1.82) is 5.26 Å². The van der Waals surface area contributed by atoms with E-state index >= 15 is 0 Å². The fourth-order valence-electron chi connectivity index (χ4n) is 5.05. The van der Waals surface area contributed by atoms with Crippen molar-refractivity contribution in [3.8, 4) is 6.07 Å². The lowest BCUT2D eigenvalue weighted by atomic mass is 9.78. The van der Waals surface area contributed by atoms with Crippen LogP contribution in [0.2, 0.25) is 0 Å². The Morgan fingerprint density at radius 2 is 1.85 bits per heavy atom. The number of carbonyl (C=O) groups is 1. The number of hydrogen-bond acceptors (Lipinski definition) is 4. The number of hydrogen-bond donors (Lipinski definition) is 0. The summed E-state index contributed by atoms with van der Waals surface area (Å²) < 4.78 is 2.47. The van der Waals surface area contributed by atoms with E-state index in [1.165, 1.54) is 11.0 Å². The number of likely N-dealkylation sites (tertiary alicyclic amines) is 1. The lowest BCUT2D eigenvalue weighted by Gasteiger charge is -2.44. The molecule has 1 aromatic heterocycles. The van der Waals surface area contributed by atoms with Crippen LogP contribution in [0.4, 0.5) is 0 Å². The second-order valence-corrected chi connectivity index (χ2v) is 7.70. The van der Waals surface area contributed by atoms with Gasteiger partial charge in [0.1, 0.15) is 18.2 Å². The molecule has 2 atom stereocenters. The topological polar surface area (TPSA) is 88.1 Å². The summed E-state index contributed by atoms with van der Waals surface area (Å²) in [5, 5.41) is 9.36. The first-order valence-electron chi connectivity index (χ1n) is 9.68. The SMILES string of the molecule is N#Cc1c2n(c(=O)n(CC(=O)N3CCC[C@@H]4CCCC[C@@H]43)c1=O)CCC2. The Kier molecular flexibility index (Phi) is 4.43. The highest BCUT2D eigenvalue weighted by Gasteiger charge is 2.36. The normalized spacial score (nSPS) is 24.7. The average Bonchev–Trinajstić information content (AvgIpc) is 3.14. The smallest absolute Gasteiger partial charge is 0.331 e. The molecule has 26 heavy (non-hydrogen) atoms. The number of amides is 1. The highest BCUT2D eigenvalue weighted by molar-refractivity contribution is 5.76. The van der Waals surface area contributed by atoms with Crippen LogP contribution in [0.3, 0.4) is 0 Å². The first kappa shape index (κ1) is 17.1. The number of nitrogens with zero attached hydrogens (tertiary/aromatic N) is 4. The van der Waals surface area contributed by atoms with Gasteiger partial charge in [0.2, 0.25) is 5.91 Å². The lowest BCUT2D eigenvalue weighted by molar-refractivity contribution is -0.138. The standard InChI is InChI=1S/C19H24N4O3/c20-11-14-16-8-4-10-22(16)19(26)23(18(14)25)12-17(24)21-9-3-6-13-5-1-2-7-15(13)21/h13,15H,1-10,12H2/t13-,15-/m0/s1. The van der Waals surface area contributed by atoms with Crippen LogP contribution in [0, 0.1) is 17.2 Å². The van der Waals surface area contributed by atoms with E-state index in [0.717, 1.165) is 43.1 Å². The van der Waals surface area contributed by atoms with Crippen molar-refractivity contribution < 1.29 is 4.79 Å². The molecule has 0 aromatic carbocycles. The summed E-state index contributed by atoms with van der Waals surface area (Å²) in [6.07, 6.45) is 7.98. The van der Waals surface area contributed by atoms with Gasteiger partial charge in [0, 0.05) is 24.8 Å². The summed E-state index contributed by atoms with van der Waals surface area (Å²) in [7, 11) is 0. The van der Waals surface area contributed by atoms with E-state index in [9.17, 15) is 19.6 Å². The summed E-state index contributed by atoms with van der Waals surface area (Å²) in [4.78, 5) is 40.2.